The van der Waals surface area contributed by atoms with Crippen LogP contribution in [0.15, 0.2) is 18.7 Å². The Balaban J connectivity index is 3.46. The van der Waals surface area contributed by atoms with Crippen LogP contribution in [-0.4, -0.2) is 5.91 Å². The van der Waals surface area contributed by atoms with Gasteiger partial charge in [0.2, 0.25) is 5.91 Å². The van der Waals surface area contributed by atoms with Crippen molar-refractivity contribution < 1.29 is 4.79 Å². The van der Waals surface area contributed by atoms with E-state index in [1.165, 1.54) is 12.2 Å². The van der Waals surface area contributed by atoms with Crippen LogP contribution >= 0.6 is 0 Å². The van der Waals surface area contributed by atoms with E-state index in [1.54, 1.807) is 0 Å². The Hall–Kier alpha value is -1.05. The fourth-order valence-electron chi connectivity index (χ4n) is 0.141. The van der Waals surface area contributed by atoms with Crippen LogP contribution in [0, 0.1) is 6.08 Å². The predicted octanol–water partition coefficient (Wildman–Crippen LogP) is 0.0171. The molecule has 2 heteroatoms. The molecule has 7 heavy (non-hydrogen) atoms. The zero-order valence-corrected chi connectivity index (χ0v) is 3.85. The molecular weight excluding hydrogens is 90.1 g/mol. The lowest BCUT2D eigenvalue weighted by Crippen LogP contribution is -2.04. The van der Waals surface area contributed by atoms with Crippen LogP contribution in [0.1, 0.15) is 0 Å². The second kappa shape index (κ2) is 3.15. The van der Waals surface area contributed by atoms with Crippen molar-refractivity contribution >= 4 is 5.91 Å². The Morgan fingerprint density at radius 1 is 1.86 bits per heavy atom. The third-order valence-electron chi connectivity index (χ3n) is 0.365. The summed E-state index contributed by atoms with van der Waals surface area (Å²) in [4.78, 5) is 9.83. The standard InChI is InChI=1S/C5H6NO/c1-2-3-4-5(6)7/h3-4H,1H2,(H2,6,7). The van der Waals surface area contributed by atoms with Crippen LogP contribution < -0.4 is 5.73 Å². The lowest BCUT2D eigenvalue weighted by molar-refractivity contribution is -0.113. The molecule has 2 nitrogen and oxygen atoms in total. The number of allylic oxidation sites excluding steroid dienone is 2. The Morgan fingerprint density at radius 3 is 2.57 bits per heavy atom. The lowest BCUT2D eigenvalue weighted by Gasteiger charge is -1.71. The average Bonchev–Trinajstić information content (AvgIpc) is 1.61. The van der Waals surface area contributed by atoms with E-state index in [1.807, 2.05) is 0 Å². The fourth-order valence-corrected chi connectivity index (χ4v) is 0.141. The molecule has 0 aliphatic rings. The highest BCUT2D eigenvalue weighted by molar-refractivity contribution is 5.85. The molecule has 1 radical (unpaired) electrons. The Kier molecular flexibility index (Phi) is 2.68. The van der Waals surface area contributed by atoms with Crippen molar-refractivity contribution in [1.29, 1.82) is 0 Å². The van der Waals surface area contributed by atoms with Crippen LogP contribution in [-0.2, 0) is 4.79 Å². The highest BCUT2D eigenvalue weighted by Gasteiger charge is 1.74. The Bertz CT molecular complexity index is 105. The van der Waals surface area contributed by atoms with Crippen molar-refractivity contribution in [2.45, 2.75) is 0 Å². The van der Waals surface area contributed by atoms with Gasteiger partial charge in [-0.3, -0.25) is 4.79 Å². The number of primary amides is 1. The molecule has 0 aromatic rings. The molecule has 0 saturated carbocycles. The molecule has 0 spiro atoms. The number of carbonyl (C=O) groups is 1. The van der Waals surface area contributed by atoms with E-state index in [0.29, 0.717) is 0 Å². The molecule has 1 amide bonds. The van der Waals surface area contributed by atoms with Gasteiger partial charge in [0.25, 0.3) is 0 Å². The summed E-state index contributed by atoms with van der Waals surface area (Å²) >= 11 is 0. The van der Waals surface area contributed by atoms with Crippen molar-refractivity contribution in [1.82, 2.24) is 0 Å². The summed E-state index contributed by atoms with van der Waals surface area (Å²) in [5, 5.41) is 0. The smallest absolute Gasteiger partial charge is 0.241 e. The van der Waals surface area contributed by atoms with E-state index >= 15 is 0 Å². The minimum atomic E-state index is -0.476. The van der Waals surface area contributed by atoms with Gasteiger partial charge in [-0.2, -0.15) is 0 Å². The van der Waals surface area contributed by atoms with Gasteiger partial charge in [0.1, 0.15) is 0 Å². The first-order chi connectivity index (χ1) is 3.27. The van der Waals surface area contributed by atoms with E-state index in [4.69, 9.17) is 0 Å². The molecule has 0 unspecified atom stereocenters. The van der Waals surface area contributed by atoms with Gasteiger partial charge in [0.05, 0.1) is 0 Å². The first-order valence-corrected chi connectivity index (χ1v) is 1.76. The number of amides is 1. The number of nitrogens with two attached hydrogens (primary N) is 1. The van der Waals surface area contributed by atoms with Gasteiger partial charge < -0.3 is 5.73 Å². The summed E-state index contributed by atoms with van der Waals surface area (Å²) in [5.74, 6) is -0.476. The minimum absolute atomic E-state index is 0.476. The maximum absolute atomic E-state index is 9.83. The minimum Gasteiger partial charge on any atom is -0.366 e. The highest BCUT2D eigenvalue weighted by Crippen LogP contribution is 1.66. The summed E-state index contributed by atoms with van der Waals surface area (Å²) in [6.45, 7) is 3.21. The van der Waals surface area contributed by atoms with E-state index < -0.39 is 5.91 Å². The molecule has 0 atom stereocenters. The molecule has 37 valence electrons. The first-order valence-electron chi connectivity index (χ1n) is 1.76. The van der Waals surface area contributed by atoms with Gasteiger partial charge in [0, 0.05) is 6.08 Å². The van der Waals surface area contributed by atoms with Crippen LogP contribution in [0.25, 0.3) is 0 Å². The summed E-state index contributed by atoms with van der Waals surface area (Å²) in [5.41, 5.74) is 4.69. The number of rotatable bonds is 2. The van der Waals surface area contributed by atoms with Crippen molar-refractivity contribution in [3.8, 4) is 0 Å². The van der Waals surface area contributed by atoms with E-state index in [-0.39, 0.29) is 0 Å². The number of hydrogen-bond donors (Lipinski definition) is 1. The molecule has 0 aliphatic heterocycles. The molecule has 2 N–H and O–H groups in total. The van der Waals surface area contributed by atoms with Gasteiger partial charge in [-0.05, 0) is 12.2 Å². The summed E-state index contributed by atoms with van der Waals surface area (Å²) in [6, 6.07) is 0. The van der Waals surface area contributed by atoms with Gasteiger partial charge in [-0.1, -0.05) is 6.58 Å². The van der Waals surface area contributed by atoms with Gasteiger partial charge in [-0.15, -0.1) is 0 Å². The molecule has 0 saturated heterocycles. The third-order valence-corrected chi connectivity index (χ3v) is 0.365. The van der Waals surface area contributed by atoms with Crippen LogP contribution in [0.4, 0.5) is 0 Å². The molecule has 0 rings (SSSR count). The monoisotopic (exact) mass is 96.0 g/mol. The molecule has 0 bridgehead atoms. The first kappa shape index (κ1) is 5.95. The summed E-state index contributed by atoms with van der Waals surface area (Å²) in [7, 11) is 0. The van der Waals surface area contributed by atoms with Gasteiger partial charge in [0.15, 0.2) is 0 Å². The third kappa shape index (κ3) is 4.95. The van der Waals surface area contributed by atoms with Crippen LogP contribution in [0.2, 0.25) is 0 Å². The predicted molar refractivity (Wildman–Crippen MR) is 27.2 cm³/mol. The highest BCUT2D eigenvalue weighted by atomic mass is 16.1. The largest absolute Gasteiger partial charge is 0.366 e. The maximum Gasteiger partial charge on any atom is 0.241 e. The molecular formula is C5H6NO. The molecule has 0 fully saturated rings. The number of carbonyl (C=O) groups excluding carboxylic acids is 1. The summed E-state index contributed by atoms with van der Waals surface area (Å²) in [6.07, 6.45) is 4.92. The maximum atomic E-state index is 9.83. The second-order valence-electron chi connectivity index (χ2n) is 0.940. The quantitative estimate of drug-likeness (QED) is 0.382. The Labute approximate surface area is 42.3 Å². The van der Waals surface area contributed by atoms with Gasteiger partial charge in [-0.25, -0.2) is 0 Å². The van der Waals surface area contributed by atoms with E-state index in [9.17, 15) is 4.79 Å². The fraction of sp³-hybridized carbons (Fsp3) is 0. The van der Waals surface area contributed by atoms with Crippen molar-refractivity contribution in [3.63, 3.8) is 0 Å². The zero-order chi connectivity index (χ0) is 5.70. The van der Waals surface area contributed by atoms with Crippen LogP contribution in [0.5, 0.6) is 0 Å². The molecule has 0 heterocycles. The summed E-state index contributed by atoms with van der Waals surface area (Å²) < 4.78 is 0. The lowest BCUT2D eigenvalue weighted by atomic mass is 10.5. The SMILES string of the molecule is C=[C]C=CC(N)=O. The zero-order valence-electron chi connectivity index (χ0n) is 3.85. The van der Waals surface area contributed by atoms with Crippen molar-refractivity contribution in [2.24, 2.45) is 5.73 Å². The average molecular weight is 96.1 g/mol. The molecule has 0 aromatic carbocycles. The molecule has 0 aromatic heterocycles. The molecule has 0 aliphatic carbocycles. The topological polar surface area (TPSA) is 43.1 Å². The van der Waals surface area contributed by atoms with Crippen LogP contribution in [0.3, 0.4) is 0 Å². The van der Waals surface area contributed by atoms with E-state index in [2.05, 4.69) is 18.4 Å². The van der Waals surface area contributed by atoms with Gasteiger partial charge >= 0.3 is 0 Å². The second-order valence-corrected chi connectivity index (χ2v) is 0.940. The van der Waals surface area contributed by atoms with E-state index in [0.717, 1.165) is 0 Å². The van der Waals surface area contributed by atoms with Crippen molar-refractivity contribution in [2.75, 3.05) is 0 Å². The number of hydrogen-bond acceptors (Lipinski definition) is 1. The Morgan fingerprint density at radius 2 is 2.43 bits per heavy atom. The van der Waals surface area contributed by atoms with Crippen molar-refractivity contribution in [3.05, 3.63) is 24.8 Å². The normalized spacial score (nSPS) is 9.14.